The highest BCUT2D eigenvalue weighted by molar-refractivity contribution is 5.77. The summed E-state index contributed by atoms with van der Waals surface area (Å²) in [5, 5.41) is 0. The molecule has 0 saturated carbocycles. The lowest BCUT2D eigenvalue weighted by Gasteiger charge is -2.30. The highest BCUT2D eigenvalue weighted by Crippen LogP contribution is 2.24. The second-order valence-electron chi connectivity index (χ2n) is 5.74. The van der Waals surface area contributed by atoms with Crippen LogP contribution in [0.3, 0.4) is 0 Å². The van der Waals surface area contributed by atoms with Crippen LogP contribution < -0.4 is 0 Å². The number of amides is 1. The molecule has 1 heterocycles. The predicted molar refractivity (Wildman–Crippen MR) is 100 cm³/mol. The maximum Gasteiger partial charge on any atom is 0.248 e. The van der Waals surface area contributed by atoms with Crippen LogP contribution in [0.4, 0.5) is 0 Å². The Morgan fingerprint density at radius 1 is 1.12 bits per heavy atom. The molecule has 0 unspecified atom stereocenters. The number of hydrogen-bond acceptors (Lipinski definition) is 3. The quantitative estimate of drug-likeness (QED) is 0.848. The summed E-state index contributed by atoms with van der Waals surface area (Å²) in [5.41, 5.74) is 2.96. The number of carbonyl (C=O) groups excluding carboxylic acids is 1. The van der Waals surface area contributed by atoms with E-state index in [9.17, 15) is 4.79 Å². The van der Waals surface area contributed by atoms with Gasteiger partial charge in [-0.1, -0.05) is 52.0 Å². The van der Waals surface area contributed by atoms with Crippen LogP contribution >= 0.6 is 0 Å². The van der Waals surface area contributed by atoms with Crippen molar-refractivity contribution in [1.29, 1.82) is 0 Å². The Kier molecular flexibility index (Phi) is 9.65. The molecule has 3 rings (SSSR count). The molecule has 24 heavy (non-hydrogen) atoms. The molecule has 1 aromatic rings. The first-order valence-corrected chi connectivity index (χ1v) is 9.36. The van der Waals surface area contributed by atoms with Crippen molar-refractivity contribution < 1.29 is 9.53 Å². The van der Waals surface area contributed by atoms with E-state index >= 15 is 0 Å². The Balaban J connectivity index is 0.000000671. The molecule has 0 radical (unpaired) electrons. The lowest BCUT2D eigenvalue weighted by atomic mass is 10.1. The van der Waals surface area contributed by atoms with Gasteiger partial charge < -0.3 is 14.5 Å². The van der Waals surface area contributed by atoms with E-state index < -0.39 is 0 Å². The van der Waals surface area contributed by atoms with Gasteiger partial charge in [0.05, 0.1) is 6.61 Å². The van der Waals surface area contributed by atoms with E-state index in [0.717, 1.165) is 32.5 Å². The smallest absolute Gasteiger partial charge is 0.248 e. The Hall–Kier alpha value is -1.39. The van der Waals surface area contributed by atoms with Crippen molar-refractivity contribution in [2.24, 2.45) is 0 Å². The van der Waals surface area contributed by atoms with Gasteiger partial charge in [-0.25, -0.2) is 0 Å². The molecular formula is C20H34N2O2. The molecule has 1 aromatic carbocycles. The molecule has 136 valence electrons. The van der Waals surface area contributed by atoms with Gasteiger partial charge in [0, 0.05) is 25.7 Å². The van der Waals surface area contributed by atoms with Crippen LogP contribution in [0.5, 0.6) is 0 Å². The van der Waals surface area contributed by atoms with Crippen LogP contribution in [0.1, 0.15) is 38.8 Å². The van der Waals surface area contributed by atoms with Gasteiger partial charge in [-0.15, -0.1) is 0 Å². The molecular weight excluding hydrogens is 300 g/mol. The summed E-state index contributed by atoms with van der Waals surface area (Å²) in [7, 11) is 2.17. The topological polar surface area (TPSA) is 32.8 Å². The van der Waals surface area contributed by atoms with E-state index in [1.807, 2.05) is 32.6 Å². The Morgan fingerprint density at radius 2 is 1.71 bits per heavy atom. The van der Waals surface area contributed by atoms with Crippen molar-refractivity contribution in [3.63, 3.8) is 0 Å². The maximum atomic E-state index is 11.7. The van der Waals surface area contributed by atoms with Gasteiger partial charge in [0.15, 0.2) is 0 Å². The summed E-state index contributed by atoms with van der Waals surface area (Å²) < 4.78 is 5.16. The van der Waals surface area contributed by atoms with Crippen molar-refractivity contribution in [3.05, 3.63) is 35.4 Å². The van der Waals surface area contributed by atoms with Gasteiger partial charge in [0.1, 0.15) is 6.61 Å². The van der Waals surface area contributed by atoms with Crippen LogP contribution in [-0.4, -0.2) is 61.6 Å². The molecule has 1 amide bonds. The number of benzene rings is 1. The maximum absolute atomic E-state index is 11.7. The molecule has 0 bridgehead atoms. The number of likely N-dealkylation sites (N-methyl/N-ethyl adjacent to an activating group) is 1. The molecule has 1 aliphatic heterocycles. The third kappa shape index (κ3) is 5.60. The van der Waals surface area contributed by atoms with Crippen LogP contribution in [0.25, 0.3) is 0 Å². The molecule has 0 N–H and O–H groups in total. The lowest BCUT2D eigenvalue weighted by Crippen LogP contribution is -2.46. The molecule has 0 aromatic heterocycles. The highest BCUT2D eigenvalue weighted by Gasteiger charge is 2.25. The van der Waals surface area contributed by atoms with Crippen LogP contribution in [0.2, 0.25) is 0 Å². The van der Waals surface area contributed by atoms with Crippen LogP contribution in [0, 0.1) is 0 Å². The van der Waals surface area contributed by atoms with Gasteiger partial charge in [-0.2, -0.15) is 0 Å². The Morgan fingerprint density at radius 3 is 2.25 bits per heavy atom. The van der Waals surface area contributed by atoms with Gasteiger partial charge in [-0.05, 0) is 31.0 Å². The first kappa shape index (κ1) is 20.7. The number of morpholine rings is 1. The largest absolute Gasteiger partial charge is 0.370 e. The second-order valence-corrected chi connectivity index (χ2v) is 5.74. The summed E-state index contributed by atoms with van der Waals surface area (Å²) in [6, 6.07) is 9.27. The number of rotatable bonds is 4. The average Bonchev–Trinajstić information content (AvgIpc) is 3.08. The molecule has 2 aliphatic rings. The molecule has 0 spiro atoms. The monoisotopic (exact) mass is 334 g/mol. The van der Waals surface area contributed by atoms with Crippen molar-refractivity contribution in [2.75, 3.05) is 39.9 Å². The van der Waals surface area contributed by atoms with Crippen LogP contribution in [-0.2, 0) is 22.4 Å². The Bertz CT molecular complexity index is 465. The summed E-state index contributed by atoms with van der Waals surface area (Å²) >= 11 is 0. The lowest BCUT2D eigenvalue weighted by molar-refractivity contribution is -0.142. The van der Waals surface area contributed by atoms with Crippen molar-refractivity contribution in [3.8, 4) is 0 Å². The van der Waals surface area contributed by atoms with E-state index in [1.54, 1.807) is 0 Å². The number of ether oxygens (including phenoxy) is 1. The summed E-state index contributed by atoms with van der Waals surface area (Å²) in [6.45, 7) is 11.4. The fourth-order valence-corrected chi connectivity index (χ4v) is 3.10. The van der Waals surface area contributed by atoms with Gasteiger partial charge >= 0.3 is 0 Å². The minimum Gasteiger partial charge on any atom is -0.370 e. The first-order valence-electron chi connectivity index (χ1n) is 9.36. The minimum atomic E-state index is 0.124. The summed E-state index contributed by atoms with van der Waals surface area (Å²) in [5.74, 6) is 0.124. The molecule has 1 fully saturated rings. The highest BCUT2D eigenvalue weighted by atomic mass is 16.5. The summed E-state index contributed by atoms with van der Waals surface area (Å²) in [6.07, 6.45) is 2.26. The molecule has 1 saturated heterocycles. The van der Waals surface area contributed by atoms with E-state index in [-0.39, 0.29) is 12.5 Å². The molecule has 4 nitrogen and oxygen atoms in total. The third-order valence-corrected chi connectivity index (χ3v) is 4.46. The van der Waals surface area contributed by atoms with Gasteiger partial charge in [-0.3, -0.25) is 4.79 Å². The van der Waals surface area contributed by atoms with E-state index in [4.69, 9.17) is 4.74 Å². The van der Waals surface area contributed by atoms with Crippen molar-refractivity contribution in [1.82, 2.24) is 9.80 Å². The first-order chi connectivity index (χ1) is 11.7. The number of hydrogen-bond donors (Lipinski definition) is 0. The zero-order chi connectivity index (χ0) is 17.9. The zero-order valence-electron chi connectivity index (χ0n) is 16.0. The van der Waals surface area contributed by atoms with Gasteiger partial charge in [0.25, 0.3) is 0 Å². The number of fused-ring (bicyclic) bond motifs is 1. The second kappa shape index (κ2) is 11.2. The molecule has 1 aliphatic carbocycles. The molecule has 0 atom stereocenters. The predicted octanol–water partition coefficient (Wildman–Crippen LogP) is 3.00. The van der Waals surface area contributed by atoms with Crippen molar-refractivity contribution in [2.45, 2.75) is 46.6 Å². The summed E-state index contributed by atoms with van der Waals surface area (Å²) in [4.78, 5) is 16.0. The number of carbonyl (C=O) groups is 1. The zero-order valence-corrected chi connectivity index (χ0v) is 16.0. The van der Waals surface area contributed by atoms with Crippen molar-refractivity contribution >= 4 is 5.91 Å². The Labute approximate surface area is 147 Å². The molecule has 4 heteroatoms. The normalized spacial score (nSPS) is 16.9. The van der Waals surface area contributed by atoms with Gasteiger partial charge in [0.2, 0.25) is 5.91 Å². The van der Waals surface area contributed by atoms with E-state index in [0.29, 0.717) is 12.6 Å². The number of nitrogens with zero attached hydrogens (tertiary/aromatic N) is 2. The fourth-order valence-electron chi connectivity index (χ4n) is 3.10. The minimum absolute atomic E-state index is 0.124. The van der Waals surface area contributed by atoms with E-state index in [1.165, 1.54) is 11.1 Å². The average molecular weight is 335 g/mol. The van der Waals surface area contributed by atoms with Crippen LogP contribution in [0.15, 0.2) is 24.3 Å². The standard InChI is InChI=1S/C16H22N2O2.2C2H6/c1-17(6-7-18-8-9-20-12-16(18)19)15-10-13-4-2-3-5-14(13)11-15;2*1-2/h2-5,15H,6-12H2,1H3;2*1-2H3. The van der Waals surface area contributed by atoms with E-state index in [2.05, 4.69) is 36.2 Å². The SMILES string of the molecule is CC.CC.CN(CCN1CCOCC1=O)C1Cc2ccccc2C1. The fraction of sp³-hybridized carbons (Fsp3) is 0.650. The third-order valence-electron chi connectivity index (χ3n) is 4.46.